The highest BCUT2D eigenvalue weighted by atomic mass is 32.2. The number of nitrogens with zero attached hydrogens (tertiary/aromatic N) is 5. The summed E-state index contributed by atoms with van der Waals surface area (Å²) in [5.41, 5.74) is 1.49. The van der Waals surface area contributed by atoms with Crippen LogP contribution in [0.25, 0.3) is 0 Å². The van der Waals surface area contributed by atoms with Gasteiger partial charge in [-0.1, -0.05) is 12.1 Å². The number of anilines is 2. The van der Waals surface area contributed by atoms with Crippen LogP contribution in [0.15, 0.2) is 30.3 Å². The van der Waals surface area contributed by atoms with Crippen LogP contribution in [0.3, 0.4) is 0 Å². The van der Waals surface area contributed by atoms with Crippen LogP contribution in [0.2, 0.25) is 0 Å². The van der Waals surface area contributed by atoms with E-state index in [9.17, 15) is 31.2 Å². The van der Waals surface area contributed by atoms with E-state index in [1.54, 1.807) is 21.9 Å². The molecule has 3 N–H and O–H groups in total. The van der Waals surface area contributed by atoms with Gasteiger partial charge in [0, 0.05) is 45.2 Å². The summed E-state index contributed by atoms with van der Waals surface area (Å²) in [5.74, 6) is -1.66. The monoisotopic (exact) mass is 665 g/mol. The summed E-state index contributed by atoms with van der Waals surface area (Å²) in [6.07, 6.45) is -0.524. The summed E-state index contributed by atoms with van der Waals surface area (Å²) in [7, 11) is -4.06. The zero-order valence-corrected chi connectivity index (χ0v) is 26.1. The second-order valence-corrected chi connectivity index (χ2v) is 13.1. The smallest absolute Gasteiger partial charge is 0.356 e. The van der Waals surface area contributed by atoms with Gasteiger partial charge in [-0.2, -0.15) is 26.9 Å². The fourth-order valence-corrected chi connectivity index (χ4v) is 6.07. The van der Waals surface area contributed by atoms with Crippen LogP contribution in [0.5, 0.6) is 0 Å². The summed E-state index contributed by atoms with van der Waals surface area (Å²) in [6.45, 7) is 1.85. The number of hydrogen-bond acceptors (Lipinski definition) is 9. The number of rotatable bonds is 14. The normalized spacial score (nSPS) is 17.2. The standard InChI is InChI=1S/C30H38F3N7O5S/c31-30(32,33)29-37-25(39-15-10-21(11-16-39)3-1-4-27(41)35-13-2-18-46(43,44)45)19-26(38-29)40-17-12-24(40)28(42)36-14-9-22-5-7-23(20-34)8-6-22/h5-8,19,21,24H,1-4,9-18H2,(H,35,41)(H,36,42)(H,43,44,45). The van der Waals surface area contributed by atoms with Crippen LogP contribution in [-0.4, -0.2) is 79.3 Å². The van der Waals surface area contributed by atoms with E-state index in [0.717, 1.165) is 12.0 Å². The van der Waals surface area contributed by atoms with Gasteiger partial charge in [-0.05, 0) is 68.6 Å². The van der Waals surface area contributed by atoms with Crippen molar-refractivity contribution < 1.29 is 35.7 Å². The largest absolute Gasteiger partial charge is 0.451 e. The van der Waals surface area contributed by atoms with Crippen LogP contribution in [-0.2, 0) is 32.3 Å². The maximum Gasteiger partial charge on any atom is 0.451 e. The Kier molecular flexibility index (Phi) is 11.8. The van der Waals surface area contributed by atoms with Gasteiger partial charge in [0.2, 0.25) is 17.6 Å². The molecule has 2 aliphatic rings. The van der Waals surface area contributed by atoms with Crippen molar-refractivity contribution in [3.63, 3.8) is 0 Å². The van der Waals surface area contributed by atoms with Crippen molar-refractivity contribution in [2.75, 3.05) is 48.3 Å². The van der Waals surface area contributed by atoms with Gasteiger partial charge in [-0.3, -0.25) is 14.1 Å². The molecule has 3 heterocycles. The quantitative estimate of drug-likeness (QED) is 0.201. The lowest BCUT2D eigenvalue weighted by atomic mass is 9.91. The Morgan fingerprint density at radius 3 is 2.30 bits per heavy atom. The molecule has 2 fully saturated rings. The first kappa shape index (κ1) is 34.9. The lowest BCUT2D eigenvalue weighted by Crippen LogP contribution is -2.57. The summed E-state index contributed by atoms with van der Waals surface area (Å²) < 4.78 is 71.7. The zero-order chi connectivity index (χ0) is 33.3. The molecular formula is C30H38F3N7O5S. The summed E-state index contributed by atoms with van der Waals surface area (Å²) in [4.78, 5) is 35.9. The van der Waals surface area contributed by atoms with E-state index >= 15 is 0 Å². The zero-order valence-electron chi connectivity index (χ0n) is 25.3. The van der Waals surface area contributed by atoms with Gasteiger partial charge in [0.25, 0.3) is 10.1 Å². The number of carbonyl (C=O) groups is 2. The molecule has 0 bridgehead atoms. The van der Waals surface area contributed by atoms with Crippen LogP contribution in [0, 0.1) is 17.2 Å². The number of nitrogens with one attached hydrogen (secondary N) is 2. The Morgan fingerprint density at radius 2 is 1.70 bits per heavy atom. The van der Waals surface area contributed by atoms with Crippen molar-refractivity contribution in [1.29, 1.82) is 5.26 Å². The molecular weight excluding hydrogens is 627 g/mol. The van der Waals surface area contributed by atoms with Crippen molar-refractivity contribution in [1.82, 2.24) is 20.6 Å². The van der Waals surface area contributed by atoms with Gasteiger partial charge < -0.3 is 20.4 Å². The molecule has 4 rings (SSSR count). The minimum absolute atomic E-state index is 0.0561. The number of benzene rings is 1. The fraction of sp³-hybridized carbons (Fsp3) is 0.567. The third-order valence-corrected chi connectivity index (χ3v) is 9.03. The van der Waals surface area contributed by atoms with Crippen molar-refractivity contribution in [2.24, 2.45) is 5.92 Å². The first-order valence-electron chi connectivity index (χ1n) is 15.3. The maximum absolute atomic E-state index is 13.8. The number of halogens is 3. The Balaban J connectivity index is 1.28. The summed E-state index contributed by atoms with van der Waals surface area (Å²) in [6, 6.07) is 9.94. The number of piperidine rings is 1. The van der Waals surface area contributed by atoms with Crippen molar-refractivity contribution in [3.8, 4) is 6.07 Å². The van der Waals surface area contributed by atoms with Crippen LogP contribution in [0.1, 0.15) is 61.9 Å². The molecule has 1 atom stereocenters. The second-order valence-electron chi connectivity index (χ2n) is 11.6. The van der Waals surface area contributed by atoms with Crippen molar-refractivity contribution in [3.05, 3.63) is 47.3 Å². The van der Waals surface area contributed by atoms with E-state index in [1.807, 2.05) is 12.1 Å². The fourth-order valence-electron chi connectivity index (χ4n) is 5.56. The van der Waals surface area contributed by atoms with E-state index in [-0.39, 0.29) is 42.8 Å². The van der Waals surface area contributed by atoms with Gasteiger partial charge in [0.15, 0.2) is 0 Å². The number of nitriles is 1. The molecule has 0 radical (unpaired) electrons. The minimum Gasteiger partial charge on any atom is -0.356 e. The predicted octanol–water partition coefficient (Wildman–Crippen LogP) is 3.09. The molecule has 2 aliphatic heterocycles. The highest BCUT2D eigenvalue weighted by Gasteiger charge is 2.40. The van der Waals surface area contributed by atoms with E-state index in [1.165, 1.54) is 6.07 Å². The van der Waals surface area contributed by atoms with Gasteiger partial charge in [-0.15, -0.1) is 0 Å². The topological polar surface area (TPSA) is 169 Å². The van der Waals surface area contributed by atoms with E-state index in [2.05, 4.69) is 26.7 Å². The maximum atomic E-state index is 13.8. The number of alkyl halides is 3. The Hall–Kier alpha value is -3.97. The first-order valence-corrected chi connectivity index (χ1v) is 16.9. The van der Waals surface area contributed by atoms with Crippen LogP contribution >= 0.6 is 0 Å². The molecule has 1 aromatic heterocycles. The first-order chi connectivity index (χ1) is 21.8. The van der Waals surface area contributed by atoms with Gasteiger partial charge in [0.1, 0.15) is 17.7 Å². The highest BCUT2D eigenvalue weighted by molar-refractivity contribution is 7.85. The average molecular weight is 666 g/mol. The Morgan fingerprint density at radius 1 is 1.00 bits per heavy atom. The van der Waals surface area contributed by atoms with Crippen LogP contribution in [0.4, 0.5) is 24.8 Å². The van der Waals surface area contributed by atoms with E-state index < -0.39 is 33.9 Å². The summed E-state index contributed by atoms with van der Waals surface area (Å²) >= 11 is 0. The molecule has 0 saturated carbocycles. The molecule has 1 unspecified atom stereocenters. The molecule has 250 valence electrons. The van der Waals surface area contributed by atoms with E-state index in [0.29, 0.717) is 69.8 Å². The number of aromatic nitrogens is 2. The van der Waals surface area contributed by atoms with Gasteiger partial charge >= 0.3 is 6.18 Å². The predicted molar refractivity (Wildman–Crippen MR) is 163 cm³/mol. The molecule has 2 amide bonds. The number of carbonyl (C=O) groups excluding carboxylic acids is 2. The van der Waals surface area contributed by atoms with Gasteiger partial charge in [-0.25, -0.2) is 9.97 Å². The second kappa shape index (κ2) is 15.5. The Bertz CT molecular complexity index is 1510. The average Bonchev–Trinajstić information content (AvgIpc) is 2.98. The summed E-state index contributed by atoms with van der Waals surface area (Å²) in [5, 5.41) is 14.4. The molecule has 0 aliphatic carbocycles. The molecule has 16 heteroatoms. The lowest BCUT2D eigenvalue weighted by molar-refractivity contribution is -0.144. The molecule has 0 spiro atoms. The van der Waals surface area contributed by atoms with Crippen molar-refractivity contribution >= 4 is 33.6 Å². The molecule has 46 heavy (non-hydrogen) atoms. The SMILES string of the molecule is N#Cc1ccc(CCNC(=O)C2CCN2c2cc(N3CCC(CCCC(=O)NCCCS(=O)(=O)O)CC3)nc(C(F)(F)F)n2)cc1. The lowest BCUT2D eigenvalue weighted by Gasteiger charge is -2.41. The third kappa shape index (κ3) is 10.3. The third-order valence-electron chi connectivity index (χ3n) is 8.22. The molecule has 2 saturated heterocycles. The van der Waals surface area contributed by atoms with Gasteiger partial charge in [0.05, 0.1) is 17.4 Å². The molecule has 1 aromatic carbocycles. The van der Waals surface area contributed by atoms with Crippen LogP contribution < -0.4 is 20.4 Å². The molecule has 12 nitrogen and oxygen atoms in total. The van der Waals surface area contributed by atoms with Crippen molar-refractivity contribution in [2.45, 2.75) is 63.6 Å². The Labute approximate surface area is 266 Å². The van der Waals surface area contributed by atoms with E-state index in [4.69, 9.17) is 9.81 Å². The minimum atomic E-state index is -4.76. The highest BCUT2D eigenvalue weighted by Crippen LogP contribution is 2.34. The number of hydrogen-bond donors (Lipinski definition) is 3. The molecule has 2 aromatic rings. The number of amides is 2.